The number of oxazole rings is 1. The average molecular weight is 306 g/mol. The number of aromatic nitrogens is 1. The van der Waals surface area contributed by atoms with E-state index in [1.54, 1.807) is 18.9 Å². The van der Waals surface area contributed by atoms with Gasteiger partial charge in [0.25, 0.3) is 5.22 Å². The minimum absolute atomic E-state index is 0.0379. The molecule has 0 aliphatic heterocycles. The quantitative estimate of drug-likeness (QED) is 0.821. The zero-order valence-electron chi connectivity index (χ0n) is 12.9. The van der Waals surface area contributed by atoms with Gasteiger partial charge in [0.05, 0.1) is 18.1 Å². The van der Waals surface area contributed by atoms with E-state index in [1.807, 2.05) is 26.0 Å². The second-order valence-corrected chi connectivity index (χ2v) is 6.10. The Bertz CT molecular complexity index is 561. The molecular weight excluding hydrogens is 284 g/mol. The fraction of sp³-hybridized carbons (Fsp3) is 0.438. The van der Waals surface area contributed by atoms with Crippen molar-refractivity contribution in [2.24, 2.45) is 5.73 Å². The van der Waals surface area contributed by atoms with Crippen LogP contribution in [0.4, 0.5) is 0 Å². The molecule has 21 heavy (non-hydrogen) atoms. The zero-order chi connectivity index (χ0) is 15.4. The molecule has 0 spiro atoms. The number of methoxy groups -OCH3 is 1. The molecule has 0 radical (unpaired) electrons. The zero-order valence-corrected chi connectivity index (χ0v) is 13.7. The molecule has 2 aromatic rings. The lowest BCUT2D eigenvalue weighted by Crippen LogP contribution is -2.25. The summed E-state index contributed by atoms with van der Waals surface area (Å²) in [7, 11) is 1.66. The molecule has 1 aromatic heterocycles. The van der Waals surface area contributed by atoms with Crippen LogP contribution in [0.5, 0.6) is 5.75 Å². The van der Waals surface area contributed by atoms with Crippen LogP contribution < -0.4 is 10.5 Å². The summed E-state index contributed by atoms with van der Waals surface area (Å²) in [6.07, 6.45) is 0.891. The molecule has 4 nitrogen and oxygen atoms in total. The Labute approximate surface area is 130 Å². The first kappa shape index (κ1) is 15.9. The lowest BCUT2D eigenvalue weighted by Gasteiger charge is -2.21. The monoisotopic (exact) mass is 306 g/mol. The van der Waals surface area contributed by atoms with Gasteiger partial charge in [-0.15, -0.1) is 0 Å². The summed E-state index contributed by atoms with van der Waals surface area (Å²) in [5.74, 6) is 1.70. The molecule has 0 aliphatic carbocycles. The van der Waals surface area contributed by atoms with Gasteiger partial charge in [-0.05, 0) is 38.0 Å². The summed E-state index contributed by atoms with van der Waals surface area (Å²) in [6.45, 7) is 5.97. The molecule has 2 unspecified atom stereocenters. The fourth-order valence-corrected chi connectivity index (χ4v) is 3.25. The van der Waals surface area contributed by atoms with Gasteiger partial charge in [-0.25, -0.2) is 4.98 Å². The lowest BCUT2D eigenvalue weighted by atomic mass is 10.0. The van der Waals surface area contributed by atoms with Crippen molar-refractivity contribution >= 4 is 11.8 Å². The third-order valence-corrected chi connectivity index (χ3v) is 4.79. The summed E-state index contributed by atoms with van der Waals surface area (Å²) >= 11 is 1.58. The van der Waals surface area contributed by atoms with Crippen molar-refractivity contribution < 1.29 is 9.15 Å². The molecular formula is C16H22N2O2S. The van der Waals surface area contributed by atoms with Crippen LogP contribution in [0.1, 0.15) is 35.6 Å². The van der Waals surface area contributed by atoms with E-state index in [0.717, 1.165) is 29.2 Å². The molecule has 0 saturated heterocycles. The number of aryl methyl sites for hydroxylation is 2. The van der Waals surface area contributed by atoms with Crippen molar-refractivity contribution in [2.45, 2.75) is 43.7 Å². The van der Waals surface area contributed by atoms with Gasteiger partial charge >= 0.3 is 0 Å². The number of hydrogen-bond acceptors (Lipinski definition) is 5. The van der Waals surface area contributed by atoms with Gasteiger partial charge in [-0.3, -0.25) is 0 Å². The second-order valence-electron chi connectivity index (χ2n) is 5.01. The molecule has 2 atom stereocenters. The summed E-state index contributed by atoms with van der Waals surface area (Å²) in [6, 6.07) is 8.05. The third kappa shape index (κ3) is 3.80. The molecule has 0 saturated carbocycles. The van der Waals surface area contributed by atoms with Crippen LogP contribution in [-0.2, 0) is 0 Å². The van der Waals surface area contributed by atoms with E-state index in [9.17, 15) is 0 Å². The van der Waals surface area contributed by atoms with Crippen LogP contribution in [-0.4, -0.2) is 18.1 Å². The van der Waals surface area contributed by atoms with Gasteiger partial charge in [0, 0.05) is 6.04 Å². The maximum atomic E-state index is 6.29. The van der Waals surface area contributed by atoms with Crippen molar-refractivity contribution in [3.63, 3.8) is 0 Å². The molecule has 2 rings (SSSR count). The van der Waals surface area contributed by atoms with E-state index in [2.05, 4.69) is 24.0 Å². The van der Waals surface area contributed by atoms with E-state index in [4.69, 9.17) is 14.9 Å². The Balaban J connectivity index is 2.24. The van der Waals surface area contributed by atoms with Crippen LogP contribution in [0.25, 0.3) is 0 Å². The standard InChI is InChI=1S/C16H22N2O2S/c1-5-14(17)15(12-6-8-13(19-4)9-7-12)21-16-18-10(2)11(3)20-16/h6-9,14-15H,5,17H2,1-4H3. The highest BCUT2D eigenvalue weighted by atomic mass is 32.2. The van der Waals surface area contributed by atoms with Crippen LogP contribution in [0.2, 0.25) is 0 Å². The predicted octanol–water partition coefficient (Wildman–Crippen LogP) is 3.87. The second kappa shape index (κ2) is 7.00. The van der Waals surface area contributed by atoms with Crippen LogP contribution >= 0.6 is 11.8 Å². The Hall–Kier alpha value is -1.46. The normalized spacial score (nSPS) is 14.0. The van der Waals surface area contributed by atoms with Gasteiger partial charge in [-0.2, -0.15) is 0 Å². The average Bonchev–Trinajstić information content (AvgIpc) is 2.82. The smallest absolute Gasteiger partial charge is 0.256 e. The van der Waals surface area contributed by atoms with Gasteiger partial charge in [0.1, 0.15) is 11.5 Å². The van der Waals surface area contributed by atoms with E-state index in [0.29, 0.717) is 5.22 Å². The number of hydrogen-bond donors (Lipinski definition) is 1. The van der Waals surface area contributed by atoms with Crippen molar-refractivity contribution in [1.29, 1.82) is 0 Å². The van der Waals surface area contributed by atoms with Gasteiger partial charge in [-0.1, -0.05) is 30.8 Å². The number of nitrogens with zero attached hydrogens (tertiary/aromatic N) is 1. The molecule has 5 heteroatoms. The summed E-state index contributed by atoms with van der Waals surface area (Å²) in [5.41, 5.74) is 8.37. The third-order valence-electron chi connectivity index (χ3n) is 3.54. The van der Waals surface area contributed by atoms with Gasteiger partial charge in [0.15, 0.2) is 0 Å². The highest BCUT2D eigenvalue weighted by molar-refractivity contribution is 7.99. The maximum absolute atomic E-state index is 6.29. The largest absolute Gasteiger partial charge is 0.497 e. The molecule has 0 fully saturated rings. The molecule has 114 valence electrons. The van der Waals surface area contributed by atoms with E-state index >= 15 is 0 Å². The summed E-state index contributed by atoms with van der Waals surface area (Å²) in [4.78, 5) is 4.44. The topological polar surface area (TPSA) is 61.3 Å². The first-order valence-corrected chi connectivity index (χ1v) is 7.93. The number of nitrogens with two attached hydrogens (primary N) is 1. The molecule has 1 heterocycles. The summed E-state index contributed by atoms with van der Waals surface area (Å²) < 4.78 is 10.9. The van der Waals surface area contributed by atoms with E-state index in [-0.39, 0.29) is 11.3 Å². The number of benzene rings is 1. The Kier molecular flexibility index (Phi) is 5.31. The lowest BCUT2D eigenvalue weighted by molar-refractivity contribution is 0.414. The van der Waals surface area contributed by atoms with Crippen molar-refractivity contribution in [2.75, 3.05) is 7.11 Å². The molecule has 2 N–H and O–H groups in total. The Morgan fingerprint density at radius 2 is 1.95 bits per heavy atom. The van der Waals surface area contributed by atoms with Crippen LogP contribution in [0.15, 0.2) is 33.9 Å². The van der Waals surface area contributed by atoms with E-state index < -0.39 is 0 Å². The van der Waals surface area contributed by atoms with E-state index in [1.165, 1.54) is 0 Å². The van der Waals surface area contributed by atoms with Crippen molar-refractivity contribution in [3.8, 4) is 5.75 Å². The predicted molar refractivity (Wildman–Crippen MR) is 85.8 cm³/mol. The van der Waals surface area contributed by atoms with Gasteiger partial charge < -0.3 is 14.9 Å². The van der Waals surface area contributed by atoms with Crippen LogP contribution in [0, 0.1) is 13.8 Å². The first-order valence-electron chi connectivity index (χ1n) is 7.05. The maximum Gasteiger partial charge on any atom is 0.256 e. The fourth-order valence-electron chi connectivity index (χ4n) is 2.01. The number of thioether (sulfide) groups is 1. The minimum atomic E-state index is 0.0379. The highest BCUT2D eigenvalue weighted by Gasteiger charge is 2.23. The molecule has 0 bridgehead atoms. The van der Waals surface area contributed by atoms with Crippen molar-refractivity contribution in [3.05, 3.63) is 41.3 Å². The van der Waals surface area contributed by atoms with Crippen LogP contribution in [0.3, 0.4) is 0 Å². The minimum Gasteiger partial charge on any atom is -0.497 e. The molecule has 0 amide bonds. The molecule has 0 aliphatic rings. The highest BCUT2D eigenvalue weighted by Crippen LogP contribution is 2.38. The van der Waals surface area contributed by atoms with Gasteiger partial charge in [0.2, 0.25) is 0 Å². The Morgan fingerprint density at radius 1 is 1.29 bits per heavy atom. The number of ether oxygens (including phenoxy) is 1. The number of rotatable bonds is 6. The Morgan fingerprint density at radius 3 is 2.43 bits per heavy atom. The van der Waals surface area contributed by atoms with Crippen molar-refractivity contribution in [1.82, 2.24) is 4.98 Å². The SMILES string of the molecule is CCC(N)C(Sc1nc(C)c(C)o1)c1ccc(OC)cc1. The molecule has 1 aromatic carbocycles. The summed E-state index contributed by atoms with van der Waals surface area (Å²) in [5, 5.41) is 0.785. The first-order chi connectivity index (χ1) is 10.0.